The first-order valence-corrected chi connectivity index (χ1v) is 8.40. The second-order valence-electron chi connectivity index (χ2n) is 5.06. The number of rotatable bonds is 7. The van der Waals surface area contributed by atoms with Crippen molar-refractivity contribution in [3.63, 3.8) is 0 Å². The number of halogens is 2. The van der Waals surface area contributed by atoms with E-state index in [0.29, 0.717) is 0 Å². The van der Waals surface area contributed by atoms with Gasteiger partial charge in [-0.25, -0.2) is 17.2 Å². The van der Waals surface area contributed by atoms with Crippen LogP contribution < -0.4 is 5.73 Å². The summed E-state index contributed by atoms with van der Waals surface area (Å²) in [7, 11) is -4.08. The molecule has 0 aromatic heterocycles. The lowest BCUT2D eigenvalue weighted by Gasteiger charge is -2.24. The average Bonchev–Trinajstić information content (AvgIpc) is 2.46. The van der Waals surface area contributed by atoms with Crippen molar-refractivity contribution in [3.8, 4) is 0 Å². The minimum absolute atomic E-state index is 0.0583. The highest BCUT2D eigenvalue weighted by molar-refractivity contribution is 7.89. The zero-order valence-corrected chi connectivity index (χ0v) is 13.4. The van der Waals surface area contributed by atoms with Gasteiger partial charge in [0, 0.05) is 19.6 Å². The molecule has 0 aliphatic rings. The van der Waals surface area contributed by atoms with Crippen molar-refractivity contribution < 1.29 is 17.2 Å². The van der Waals surface area contributed by atoms with Crippen LogP contribution in [0.1, 0.15) is 32.8 Å². The van der Waals surface area contributed by atoms with Crippen LogP contribution in [0.4, 0.5) is 8.78 Å². The van der Waals surface area contributed by atoms with Gasteiger partial charge in [-0.15, -0.1) is 0 Å². The number of benzene rings is 1. The van der Waals surface area contributed by atoms with Crippen molar-refractivity contribution in [1.82, 2.24) is 4.31 Å². The molecule has 21 heavy (non-hydrogen) atoms. The van der Waals surface area contributed by atoms with E-state index in [-0.39, 0.29) is 31.1 Å². The molecular formula is C14H22F2N2O2S. The normalized spacial score (nSPS) is 13.7. The third kappa shape index (κ3) is 3.99. The zero-order valence-electron chi connectivity index (χ0n) is 12.6. The molecule has 1 rings (SSSR count). The minimum atomic E-state index is -4.08. The molecule has 1 unspecified atom stereocenters. The van der Waals surface area contributed by atoms with E-state index in [1.54, 1.807) is 6.92 Å². The van der Waals surface area contributed by atoms with Crippen LogP contribution in [-0.4, -0.2) is 25.8 Å². The van der Waals surface area contributed by atoms with E-state index in [2.05, 4.69) is 0 Å². The molecule has 0 radical (unpaired) electrons. The Morgan fingerprint density at radius 3 is 2.38 bits per heavy atom. The third-order valence-corrected chi connectivity index (χ3v) is 5.41. The number of nitrogens with two attached hydrogens (primary N) is 1. The zero-order chi connectivity index (χ0) is 16.2. The number of hydrogen-bond acceptors (Lipinski definition) is 3. The first kappa shape index (κ1) is 18.0. The van der Waals surface area contributed by atoms with Crippen LogP contribution in [0, 0.1) is 17.6 Å². The highest BCUT2D eigenvalue weighted by atomic mass is 32.2. The smallest absolute Gasteiger partial charge is 0.246 e. The van der Waals surface area contributed by atoms with E-state index < -0.39 is 26.6 Å². The van der Waals surface area contributed by atoms with Gasteiger partial charge in [-0.3, -0.25) is 0 Å². The largest absolute Gasteiger partial charge is 0.326 e. The van der Waals surface area contributed by atoms with Gasteiger partial charge in [0.25, 0.3) is 0 Å². The summed E-state index contributed by atoms with van der Waals surface area (Å²) in [5, 5.41) is 0. The van der Waals surface area contributed by atoms with Crippen LogP contribution in [0.2, 0.25) is 0 Å². The molecule has 1 aromatic rings. The van der Waals surface area contributed by atoms with Crippen LogP contribution in [0.25, 0.3) is 0 Å². The summed E-state index contributed by atoms with van der Waals surface area (Å²) in [5.74, 6) is -2.42. The highest BCUT2D eigenvalue weighted by Crippen LogP contribution is 2.24. The molecule has 0 spiro atoms. The second-order valence-corrected chi connectivity index (χ2v) is 6.97. The molecule has 4 nitrogen and oxygen atoms in total. The third-order valence-electron chi connectivity index (χ3n) is 3.47. The molecule has 0 saturated carbocycles. The predicted molar refractivity (Wildman–Crippen MR) is 78.1 cm³/mol. The summed E-state index contributed by atoms with van der Waals surface area (Å²) in [6, 6.07) is 2.02. The van der Waals surface area contributed by atoms with Crippen LogP contribution in [0.15, 0.2) is 17.0 Å². The summed E-state index contributed by atoms with van der Waals surface area (Å²) in [6.45, 7) is 5.92. The van der Waals surface area contributed by atoms with Crippen LogP contribution in [0.3, 0.4) is 0 Å². The van der Waals surface area contributed by atoms with E-state index in [1.807, 2.05) is 13.8 Å². The maximum Gasteiger partial charge on any atom is 0.246 e. The summed E-state index contributed by atoms with van der Waals surface area (Å²) in [6.07, 6.45) is 0.797. The van der Waals surface area contributed by atoms with Gasteiger partial charge < -0.3 is 5.73 Å². The predicted octanol–water partition coefficient (Wildman–Crippen LogP) is 2.48. The SMILES string of the molecule is CCC(C)CN(CC)S(=O)(=O)c1cc(CN)cc(F)c1F. The lowest BCUT2D eigenvalue weighted by molar-refractivity contribution is 0.358. The number of sulfonamides is 1. The summed E-state index contributed by atoms with van der Waals surface area (Å²) < 4.78 is 53.7. The van der Waals surface area contributed by atoms with Gasteiger partial charge in [0.1, 0.15) is 4.90 Å². The van der Waals surface area contributed by atoms with Gasteiger partial charge in [0.15, 0.2) is 11.6 Å². The monoisotopic (exact) mass is 320 g/mol. The summed E-state index contributed by atoms with van der Waals surface area (Å²) in [5.41, 5.74) is 5.64. The maximum absolute atomic E-state index is 13.9. The van der Waals surface area contributed by atoms with E-state index in [4.69, 9.17) is 5.73 Å². The number of hydrogen-bond donors (Lipinski definition) is 1. The van der Waals surface area contributed by atoms with Crippen molar-refractivity contribution in [2.45, 2.75) is 38.6 Å². The Bertz CT molecular complexity index is 591. The van der Waals surface area contributed by atoms with Gasteiger partial charge in [-0.1, -0.05) is 27.2 Å². The van der Waals surface area contributed by atoms with Crippen molar-refractivity contribution in [2.24, 2.45) is 11.7 Å². The Labute approximate surface area is 125 Å². The fourth-order valence-electron chi connectivity index (χ4n) is 1.94. The molecule has 1 atom stereocenters. The van der Waals surface area contributed by atoms with E-state index in [0.717, 1.165) is 18.6 Å². The van der Waals surface area contributed by atoms with Crippen molar-refractivity contribution >= 4 is 10.0 Å². The molecule has 0 bridgehead atoms. The topological polar surface area (TPSA) is 63.4 Å². The van der Waals surface area contributed by atoms with E-state index >= 15 is 0 Å². The van der Waals surface area contributed by atoms with E-state index in [9.17, 15) is 17.2 Å². The summed E-state index contributed by atoms with van der Waals surface area (Å²) >= 11 is 0. The fraction of sp³-hybridized carbons (Fsp3) is 0.571. The van der Waals surface area contributed by atoms with Crippen LogP contribution >= 0.6 is 0 Å². The minimum Gasteiger partial charge on any atom is -0.326 e. The molecule has 0 fully saturated rings. The van der Waals surface area contributed by atoms with Gasteiger partial charge in [0.2, 0.25) is 10.0 Å². The Morgan fingerprint density at radius 2 is 1.90 bits per heavy atom. The lowest BCUT2D eigenvalue weighted by Crippen LogP contribution is -2.35. The fourth-order valence-corrected chi connectivity index (χ4v) is 3.63. The van der Waals surface area contributed by atoms with Gasteiger partial charge in [0.05, 0.1) is 0 Å². The molecule has 7 heteroatoms. The highest BCUT2D eigenvalue weighted by Gasteiger charge is 2.29. The van der Waals surface area contributed by atoms with Crippen molar-refractivity contribution in [3.05, 3.63) is 29.3 Å². The Morgan fingerprint density at radius 1 is 1.29 bits per heavy atom. The van der Waals surface area contributed by atoms with Crippen molar-refractivity contribution in [1.29, 1.82) is 0 Å². The molecule has 0 saturated heterocycles. The van der Waals surface area contributed by atoms with Crippen molar-refractivity contribution in [2.75, 3.05) is 13.1 Å². The van der Waals surface area contributed by atoms with Crippen LogP contribution in [-0.2, 0) is 16.6 Å². The second kappa shape index (κ2) is 7.29. The first-order valence-electron chi connectivity index (χ1n) is 6.96. The molecule has 120 valence electrons. The summed E-state index contributed by atoms with van der Waals surface area (Å²) in [4.78, 5) is -0.645. The lowest BCUT2D eigenvalue weighted by atomic mass is 10.1. The molecule has 2 N–H and O–H groups in total. The molecule has 0 aliphatic heterocycles. The number of nitrogens with zero attached hydrogens (tertiary/aromatic N) is 1. The molecular weight excluding hydrogens is 298 g/mol. The standard InChI is InChI=1S/C14H22F2N2O2S/c1-4-10(3)9-18(5-2)21(19,20)13-7-11(8-17)6-12(15)14(13)16/h6-7,10H,4-5,8-9,17H2,1-3H3. The van der Waals surface area contributed by atoms with E-state index in [1.165, 1.54) is 4.31 Å². The Kier molecular flexibility index (Phi) is 6.24. The molecule has 1 aromatic carbocycles. The maximum atomic E-state index is 13.9. The Balaban J connectivity index is 3.31. The van der Waals surface area contributed by atoms with Crippen LogP contribution in [0.5, 0.6) is 0 Å². The average molecular weight is 320 g/mol. The molecule has 0 aliphatic carbocycles. The molecule has 0 amide bonds. The Hall–Kier alpha value is -1.05. The molecule has 0 heterocycles. The van der Waals surface area contributed by atoms with Gasteiger partial charge in [-0.2, -0.15) is 4.31 Å². The van der Waals surface area contributed by atoms with Gasteiger partial charge in [-0.05, 0) is 23.6 Å². The first-order chi connectivity index (χ1) is 9.77. The quantitative estimate of drug-likeness (QED) is 0.839. The van der Waals surface area contributed by atoms with Gasteiger partial charge >= 0.3 is 0 Å².